The van der Waals surface area contributed by atoms with Crippen LogP contribution in [0.2, 0.25) is 0 Å². The molecule has 0 aromatic heterocycles. The van der Waals surface area contributed by atoms with Crippen molar-refractivity contribution in [1.29, 1.82) is 0 Å². The van der Waals surface area contributed by atoms with Crippen molar-refractivity contribution in [3.8, 4) is 0 Å². The van der Waals surface area contributed by atoms with Crippen LogP contribution in [0.25, 0.3) is 0 Å². The summed E-state index contributed by atoms with van der Waals surface area (Å²) in [4.78, 5) is 22.8. The molecule has 0 aliphatic rings. The van der Waals surface area contributed by atoms with Crippen molar-refractivity contribution in [3.63, 3.8) is 0 Å². The van der Waals surface area contributed by atoms with Crippen molar-refractivity contribution in [3.05, 3.63) is 0 Å². The van der Waals surface area contributed by atoms with E-state index in [1.807, 2.05) is 13.8 Å². The smallest absolute Gasteiger partial charge is 0.335 e. The number of carbonyl (C=O) groups excluding carboxylic acids is 2. The monoisotopic (exact) mass is 260 g/mol. The first kappa shape index (κ1) is 16.9. The molecule has 0 N–H and O–H groups in total. The number of carbonyl (C=O) groups is 2. The molecule has 0 bridgehead atoms. The number of rotatable bonds is 10. The Bertz CT molecular complexity index is 240. The third-order valence-electron chi connectivity index (χ3n) is 2.31. The van der Waals surface area contributed by atoms with Crippen molar-refractivity contribution >= 4 is 11.9 Å². The molecule has 0 aliphatic heterocycles. The maximum atomic E-state index is 11.5. The first-order valence-electron chi connectivity index (χ1n) is 6.50. The van der Waals surface area contributed by atoms with Gasteiger partial charge in [-0.05, 0) is 25.7 Å². The van der Waals surface area contributed by atoms with E-state index in [-0.39, 0.29) is 11.9 Å². The molecule has 0 heterocycles. The zero-order valence-corrected chi connectivity index (χ0v) is 11.6. The number of hydrogen-bond donors (Lipinski definition) is 0. The molecule has 0 rings (SSSR count). The molecule has 0 fully saturated rings. The molecule has 5 nitrogen and oxygen atoms in total. The van der Waals surface area contributed by atoms with Gasteiger partial charge in [0, 0.05) is 13.5 Å². The first-order valence-corrected chi connectivity index (χ1v) is 6.50. The van der Waals surface area contributed by atoms with Gasteiger partial charge in [0.05, 0.1) is 13.2 Å². The molecular formula is C13H24O5. The molecule has 0 radical (unpaired) electrons. The van der Waals surface area contributed by atoms with E-state index in [0.717, 1.165) is 12.8 Å². The van der Waals surface area contributed by atoms with Gasteiger partial charge in [-0.2, -0.15) is 0 Å². The Morgan fingerprint density at radius 2 is 1.67 bits per heavy atom. The largest absolute Gasteiger partial charge is 0.466 e. The first-order chi connectivity index (χ1) is 8.65. The summed E-state index contributed by atoms with van der Waals surface area (Å²) in [5, 5.41) is 0. The quantitative estimate of drug-likeness (QED) is 0.563. The second-order valence-electron chi connectivity index (χ2n) is 4.00. The summed E-state index contributed by atoms with van der Waals surface area (Å²) in [6.45, 7) is 4.72. The lowest BCUT2D eigenvalue weighted by molar-refractivity contribution is -0.156. The van der Waals surface area contributed by atoms with Gasteiger partial charge in [0.2, 0.25) is 0 Å². The molecule has 1 unspecified atom stereocenters. The Kier molecular flexibility index (Phi) is 10.3. The number of methoxy groups -OCH3 is 1. The Balaban J connectivity index is 3.79. The highest BCUT2D eigenvalue weighted by Gasteiger charge is 2.19. The summed E-state index contributed by atoms with van der Waals surface area (Å²) in [6, 6.07) is 0. The highest BCUT2D eigenvalue weighted by Crippen LogP contribution is 2.07. The molecule has 0 saturated heterocycles. The molecule has 1 atom stereocenters. The minimum atomic E-state index is -0.587. The average Bonchev–Trinajstić information content (AvgIpc) is 2.38. The van der Waals surface area contributed by atoms with Gasteiger partial charge >= 0.3 is 11.9 Å². The fourth-order valence-corrected chi connectivity index (χ4v) is 1.35. The maximum Gasteiger partial charge on any atom is 0.335 e. The molecule has 0 amide bonds. The summed E-state index contributed by atoms with van der Waals surface area (Å²) in [7, 11) is 1.47. The normalized spacial score (nSPS) is 11.9. The Morgan fingerprint density at radius 3 is 2.22 bits per heavy atom. The Hall–Kier alpha value is -1.10. The molecule has 106 valence electrons. The molecule has 0 aliphatic carbocycles. The van der Waals surface area contributed by atoms with E-state index < -0.39 is 6.10 Å². The van der Waals surface area contributed by atoms with Gasteiger partial charge < -0.3 is 14.2 Å². The van der Waals surface area contributed by atoms with Gasteiger partial charge in [0.15, 0.2) is 6.10 Å². The van der Waals surface area contributed by atoms with Crippen LogP contribution in [0.3, 0.4) is 0 Å². The molecule has 5 heteroatoms. The van der Waals surface area contributed by atoms with Crippen LogP contribution in [-0.2, 0) is 23.8 Å². The fourth-order valence-electron chi connectivity index (χ4n) is 1.35. The average molecular weight is 260 g/mol. The van der Waals surface area contributed by atoms with Crippen LogP contribution in [0.5, 0.6) is 0 Å². The molecule has 18 heavy (non-hydrogen) atoms. The van der Waals surface area contributed by atoms with Gasteiger partial charge in [-0.3, -0.25) is 4.79 Å². The van der Waals surface area contributed by atoms with Gasteiger partial charge in [0.25, 0.3) is 0 Å². The lowest BCUT2D eigenvalue weighted by Gasteiger charge is -2.13. The van der Waals surface area contributed by atoms with Crippen molar-refractivity contribution in [2.45, 2.75) is 52.1 Å². The Morgan fingerprint density at radius 1 is 1.06 bits per heavy atom. The third kappa shape index (κ3) is 8.06. The van der Waals surface area contributed by atoms with E-state index in [0.29, 0.717) is 32.5 Å². The topological polar surface area (TPSA) is 61.8 Å². The van der Waals surface area contributed by atoms with E-state index in [4.69, 9.17) is 14.2 Å². The lowest BCUT2D eigenvalue weighted by Crippen LogP contribution is -2.26. The van der Waals surface area contributed by atoms with Crippen LogP contribution in [0.1, 0.15) is 46.0 Å². The molecule has 0 aromatic carbocycles. The predicted octanol–water partition coefficient (Wildman–Crippen LogP) is 2.08. The van der Waals surface area contributed by atoms with E-state index in [9.17, 15) is 9.59 Å². The van der Waals surface area contributed by atoms with E-state index in [2.05, 4.69) is 0 Å². The molecule has 0 spiro atoms. The summed E-state index contributed by atoms with van der Waals surface area (Å²) in [6.07, 6.45) is 2.35. The van der Waals surface area contributed by atoms with E-state index in [1.165, 1.54) is 7.11 Å². The SMILES string of the molecule is CCCOC(=O)CCCC(OC)C(=O)OCCC. The highest BCUT2D eigenvalue weighted by molar-refractivity contribution is 5.74. The van der Waals surface area contributed by atoms with Gasteiger partial charge in [-0.25, -0.2) is 4.79 Å². The number of ether oxygens (including phenoxy) is 3. The van der Waals surface area contributed by atoms with Crippen molar-refractivity contribution in [2.24, 2.45) is 0 Å². The second kappa shape index (κ2) is 11.0. The summed E-state index contributed by atoms with van der Waals surface area (Å²) < 4.78 is 15.0. The zero-order chi connectivity index (χ0) is 13.8. The number of esters is 2. The molecular weight excluding hydrogens is 236 g/mol. The molecule has 0 saturated carbocycles. The van der Waals surface area contributed by atoms with Gasteiger partial charge in [0.1, 0.15) is 0 Å². The van der Waals surface area contributed by atoms with E-state index in [1.54, 1.807) is 0 Å². The second-order valence-corrected chi connectivity index (χ2v) is 4.00. The van der Waals surface area contributed by atoms with Gasteiger partial charge in [-0.1, -0.05) is 13.8 Å². The predicted molar refractivity (Wildman–Crippen MR) is 67.1 cm³/mol. The zero-order valence-electron chi connectivity index (χ0n) is 11.6. The lowest BCUT2D eigenvalue weighted by atomic mass is 10.1. The van der Waals surface area contributed by atoms with Crippen molar-refractivity contribution < 1.29 is 23.8 Å². The standard InChI is InChI=1S/C13H24O5/c1-4-9-17-12(14)8-6-7-11(16-3)13(15)18-10-5-2/h11H,4-10H2,1-3H3. The van der Waals surface area contributed by atoms with Gasteiger partial charge in [-0.15, -0.1) is 0 Å². The van der Waals surface area contributed by atoms with Crippen LogP contribution < -0.4 is 0 Å². The third-order valence-corrected chi connectivity index (χ3v) is 2.31. The molecule has 0 aromatic rings. The fraction of sp³-hybridized carbons (Fsp3) is 0.846. The van der Waals surface area contributed by atoms with Crippen LogP contribution in [0, 0.1) is 0 Å². The number of hydrogen-bond acceptors (Lipinski definition) is 5. The Labute approximate surface area is 109 Å². The van der Waals surface area contributed by atoms with E-state index >= 15 is 0 Å². The van der Waals surface area contributed by atoms with Crippen molar-refractivity contribution in [1.82, 2.24) is 0 Å². The van der Waals surface area contributed by atoms with Crippen LogP contribution in [0.15, 0.2) is 0 Å². The summed E-state index contributed by atoms with van der Waals surface area (Å²) >= 11 is 0. The van der Waals surface area contributed by atoms with Crippen molar-refractivity contribution in [2.75, 3.05) is 20.3 Å². The van der Waals surface area contributed by atoms with Crippen LogP contribution >= 0.6 is 0 Å². The maximum absolute atomic E-state index is 11.5. The minimum absolute atomic E-state index is 0.228. The summed E-state index contributed by atoms with van der Waals surface area (Å²) in [5.74, 6) is -0.588. The summed E-state index contributed by atoms with van der Waals surface area (Å²) in [5.41, 5.74) is 0. The minimum Gasteiger partial charge on any atom is -0.466 e. The highest BCUT2D eigenvalue weighted by atomic mass is 16.6. The van der Waals surface area contributed by atoms with Crippen LogP contribution in [-0.4, -0.2) is 38.4 Å². The van der Waals surface area contributed by atoms with Crippen LogP contribution in [0.4, 0.5) is 0 Å².